The highest BCUT2D eigenvalue weighted by atomic mass is 15.4. The Hall–Kier alpha value is -0.730. The minimum absolute atomic E-state index is 0.535. The van der Waals surface area contributed by atoms with Crippen molar-refractivity contribution in [1.82, 2.24) is 10.2 Å². The fourth-order valence-corrected chi connectivity index (χ4v) is 2.46. The Kier molecular flexibility index (Phi) is 2.94. The molecular formula is C11H21N3. The summed E-state index contributed by atoms with van der Waals surface area (Å²) < 4.78 is 0. The largest absolute Gasteiger partial charge is 0.352 e. The van der Waals surface area contributed by atoms with E-state index in [1.165, 1.54) is 32.2 Å². The van der Waals surface area contributed by atoms with Crippen LogP contribution < -0.4 is 5.32 Å². The summed E-state index contributed by atoms with van der Waals surface area (Å²) in [5.41, 5.74) is 0. The minimum atomic E-state index is 0.535. The molecule has 0 spiro atoms. The summed E-state index contributed by atoms with van der Waals surface area (Å²) in [4.78, 5) is 7.04. The molecule has 0 aromatic heterocycles. The standard InChI is InChI=1S/C11H21N3/c1-3-5-10-6-4-7-14(10)11-12-8-9(2)13-11/h9-10H,3-8H2,1-2H3,(H,12,13). The van der Waals surface area contributed by atoms with Crippen molar-refractivity contribution in [2.75, 3.05) is 13.1 Å². The summed E-state index contributed by atoms with van der Waals surface area (Å²) in [6.45, 7) is 6.61. The summed E-state index contributed by atoms with van der Waals surface area (Å²) in [5, 5.41) is 3.46. The van der Waals surface area contributed by atoms with E-state index in [0.29, 0.717) is 6.04 Å². The van der Waals surface area contributed by atoms with Gasteiger partial charge in [-0.1, -0.05) is 13.3 Å². The zero-order chi connectivity index (χ0) is 9.97. The van der Waals surface area contributed by atoms with E-state index in [4.69, 9.17) is 0 Å². The van der Waals surface area contributed by atoms with Crippen LogP contribution in [0.25, 0.3) is 0 Å². The van der Waals surface area contributed by atoms with E-state index in [9.17, 15) is 0 Å². The second-order valence-electron chi connectivity index (χ2n) is 4.49. The third kappa shape index (κ3) is 1.86. The minimum Gasteiger partial charge on any atom is -0.352 e. The molecule has 2 atom stereocenters. The van der Waals surface area contributed by atoms with E-state index in [2.05, 4.69) is 29.1 Å². The molecule has 0 amide bonds. The number of nitrogens with zero attached hydrogens (tertiary/aromatic N) is 2. The topological polar surface area (TPSA) is 27.6 Å². The van der Waals surface area contributed by atoms with Crippen molar-refractivity contribution in [1.29, 1.82) is 0 Å². The van der Waals surface area contributed by atoms with Gasteiger partial charge >= 0.3 is 0 Å². The molecule has 0 saturated carbocycles. The van der Waals surface area contributed by atoms with Gasteiger partial charge in [-0.05, 0) is 26.2 Å². The lowest BCUT2D eigenvalue weighted by Crippen LogP contribution is -2.43. The number of guanidine groups is 1. The van der Waals surface area contributed by atoms with Crippen LogP contribution in [0.4, 0.5) is 0 Å². The molecule has 1 fully saturated rings. The van der Waals surface area contributed by atoms with E-state index >= 15 is 0 Å². The van der Waals surface area contributed by atoms with Crippen molar-refractivity contribution in [2.24, 2.45) is 4.99 Å². The second kappa shape index (κ2) is 4.20. The first-order valence-electron chi connectivity index (χ1n) is 5.89. The highest BCUT2D eigenvalue weighted by Gasteiger charge is 2.28. The molecule has 1 saturated heterocycles. The summed E-state index contributed by atoms with van der Waals surface area (Å²) in [7, 11) is 0. The quantitative estimate of drug-likeness (QED) is 0.724. The van der Waals surface area contributed by atoms with Gasteiger partial charge in [0.1, 0.15) is 0 Å². The first-order chi connectivity index (χ1) is 6.81. The van der Waals surface area contributed by atoms with Gasteiger partial charge in [0.15, 0.2) is 5.96 Å². The number of hydrogen-bond donors (Lipinski definition) is 1. The summed E-state index contributed by atoms with van der Waals surface area (Å²) in [6.07, 6.45) is 5.28. The Morgan fingerprint density at radius 3 is 3.07 bits per heavy atom. The second-order valence-corrected chi connectivity index (χ2v) is 4.49. The Bertz CT molecular complexity index is 225. The van der Waals surface area contributed by atoms with Gasteiger partial charge in [-0.15, -0.1) is 0 Å². The van der Waals surface area contributed by atoms with Crippen LogP contribution in [0.1, 0.15) is 39.5 Å². The van der Waals surface area contributed by atoms with Gasteiger partial charge in [0.2, 0.25) is 0 Å². The summed E-state index contributed by atoms with van der Waals surface area (Å²) in [5.74, 6) is 1.16. The number of likely N-dealkylation sites (tertiary alicyclic amines) is 1. The molecule has 1 N–H and O–H groups in total. The number of aliphatic imine (C=N–C) groups is 1. The van der Waals surface area contributed by atoms with Crippen molar-refractivity contribution in [3.8, 4) is 0 Å². The first kappa shape index (κ1) is 9.81. The smallest absolute Gasteiger partial charge is 0.194 e. The lowest BCUT2D eigenvalue weighted by Gasteiger charge is -2.26. The molecule has 2 aliphatic rings. The van der Waals surface area contributed by atoms with Crippen LogP contribution >= 0.6 is 0 Å². The predicted octanol–water partition coefficient (Wildman–Crippen LogP) is 1.60. The average molecular weight is 195 g/mol. The first-order valence-corrected chi connectivity index (χ1v) is 5.89. The normalized spacial score (nSPS) is 31.9. The van der Waals surface area contributed by atoms with E-state index in [-0.39, 0.29) is 0 Å². The third-order valence-corrected chi connectivity index (χ3v) is 3.16. The number of nitrogens with one attached hydrogen (secondary N) is 1. The fourth-order valence-electron chi connectivity index (χ4n) is 2.46. The summed E-state index contributed by atoms with van der Waals surface area (Å²) >= 11 is 0. The van der Waals surface area contributed by atoms with Gasteiger partial charge in [-0.25, -0.2) is 0 Å². The van der Waals surface area contributed by atoms with Crippen molar-refractivity contribution in [3.63, 3.8) is 0 Å². The van der Waals surface area contributed by atoms with E-state index in [1.54, 1.807) is 0 Å². The molecule has 0 bridgehead atoms. The molecule has 0 radical (unpaired) electrons. The SMILES string of the molecule is CCCC1CCCN1C1=NCC(C)N1. The maximum atomic E-state index is 4.56. The molecule has 0 aromatic rings. The van der Waals surface area contributed by atoms with E-state index < -0.39 is 0 Å². The zero-order valence-corrected chi connectivity index (χ0v) is 9.29. The predicted molar refractivity (Wildman–Crippen MR) is 59.5 cm³/mol. The molecular weight excluding hydrogens is 174 g/mol. The van der Waals surface area contributed by atoms with E-state index in [1.807, 2.05) is 0 Å². The van der Waals surface area contributed by atoms with Crippen LogP contribution in [-0.4, -0.2) is 36.0 Å². The molecule has 80 valence electrons. The zero-order valence-electron chi connectivity index (χ0n) is 9.29. The van der Waals surface area contributed by atoms with Gasteiger partial charge < -0.3 is 10.2 Å². The maximum absolute atomic E-state index is 4.56. The van der Waals surface area contributed by atoms with E-state index in [0.717, 1.165) is 18.5 Å². The Morgan fingerprint density at radius 1 is 1.57 bits per heavy atom. The highest BCUT2D eigenvalue weighted by molar-refractivity contribution is 5.82. The maximum Gasteiger partial charge on any atom is 0.194 e. The monoisotopic (exact) mass is 195 g/mol. The van der Waals surface area contributed by atoms with Gasteiger partial charge in [0.25, 0.3) is 0 Å². The van der Waals surface area contributed by atoms with Crippen LogP contribution in [0, 0.1) is 0 Å². The number of rotatable bonds is 2. The van der Waals surface area contributed by atoms with Crippen molar-refractivity contribution in [2.45, 2.75) is 51.6 Å². The Balaban J connectivity index is 1.96. The highest BCUT2D eigenvalue weighted by Crippen LogP contribution is 2.22. The number of hydrogen-bond acceptors (Lipinski definition) is 3. The molecule has 0 aliphatic carbocycles. The molecule has 2 aliphatic heterocycles. The lowest BCUT2D eigenvalue weighted by molar-refractivity contribution is 0.356. The molecule has 3 heteroatoms. The van der Waals surface area contributed by atoms with Crippen LogP contribution in [0.3, 0.4) is 0 Å². The molecule has 3 nitrogen and oxygen atoms in total. The molecule has 2 heterocycles. The molecule has 0 aromatic carbocycles. The van der Waals surface area contributed by atoms with Crippen LogP contribution in [0.5, 0.6) is 0 Å². The lowest BCUT2D eigenvalue weighted by atomic mass is 10.1. The Morgan fingerprint density at radius 2 is 2.43 bits per heavy atom. The van der Waals surface area contributed by atoms with Gasteiger partial charge in [0.05, 0.1) is 6.54 Å². The fraction of sp³-hybridized carbons (Fsp3) is 0.909. The third-order valence-electron chi connectivity index (χ3n) is 3.16. The molecule has 2 unspecified atom stereocenters. The van der Waals surface area contributed by atoms with Crippen molar-refractivity contribution >= 4 is 5.96 Å². The summed E-state index contributed by atoms with van der Waals surface area (Å²) in [6, 6.07) is 1.28. The van der Waals surface area contributed by atoms with Crippen LogP contribution in [0.15, 0.2) is 4.99 Å². The van der Waals surface area contributed by atoms with Crippen molar-refractivity contribution < 1.29 is 0 Å². The van der Waals surface area contributed by atoms with Crippen LogP contribution in [-0.2, 0) is 0 Å². The van der Waals surface area contributed by atoms with Gasteiger partial charge in [-0.3, -0.25) is 4.99 Å². The van der Waals surface area contributed by atoms with Crippen molar-refractivity contribution in [3.05, 3.63) is 0 Å². The van der Waals surface area contributed by atoms with Crippen LogP contribution in [0.2, 0.25) is 0 Å². The van der Waals surface area contributed by atoms with Gasteiger partial charge in [-0.2, -0.15) is 0 Å². The van der Waals surface area contributed by atoms with Gasteiger partial charge in [0, 0.05) is 18.6 Å². The molecule has 2 rings (SSSR count). The average Bonchev–Trinajstić information content (AvgIpc) is 2.74. The molecule has 14 heavy (non-hydrogen) atoms. The Labute approximate surface area is 86.6 Å².